The second-order valence-electron chi connectivity index (χ2n) is 4.94. The molecule has 0 atom stereocenters. The Balaban J connectivity index is 1.92. The normalized spacial score (nSPS) is 16.1. The first-order valence-corrected chi connectivity index (χ1v) is 7.52. The van der Waals surface area contributed by atoms with Crippen LogP contribution in [0, 0.1) is 6.92 Å². The highest BCUT2D eigenvalue weighted by Crippen LogP contribution is 2.31. The number of carbonyl (C=O) groups excluding carboxylic acids is 2. The number of benzene rings is 1. The van der Waals surface area contributed by atoms with Gasteiger partial charge in [0.15, 0.2) is 0 Å². The van der Waals surface area contributed by atoms with Crippen LogP contribution in [0.15, 0.2) is 24.3 Å². The van der Waals surface area contributed by atoms with E-state index in [1.807, 2.05) is 31.2 Å². The van der Waals surface area contributed by atoms with Crippen LogP contribution in [-0.2, 0) is 4.79 Å². The van der Waals surface area contributed by atoms with Gasteiger partial charge in [0.2, 0.25) is 5.91 Å². The van der Waals surface area contributed by atoms with Crippen LogP contribution in [0.4, 0.5) is 0 Å². The van der Waals surface area contributed by atoms with Crippen LogP contribution in [0.25, 0.3) is 10.1 Å². The van der Waals surface area contributed by atoms with E-state index >= 15 is 0 Å². The number of carbonyl (C=O) groups is 2. The standard InChI is InChI=1S/C15H16N2O2S/c1-10-11-4-2-3-5-12(11)20-14(10)15(19)17-8-6-13(18)16-7-9-17/h2-5H,6-9H2,1H3,(H,16,18). The molecule has 1 fully saturated rings. The lowest BCUT2D eigenvalue weighted by molar-refractivity contribution is -0.120. The Bertz CT molecular complexity index is 678. The highest BCUT2D eigenvalue weighted by atomic mass is 32.1. The van der Waals surface area contributed by atoms with E-state index in [0.717, 1.165) is 20.5 Å². The molecule has 2 heterocycles. The number of nitrogens with one attached hydrogen (secondary N) is 1. The van der Waals surface area contributed by atoms with E-state index < -0.39 is 0 Å². The Labute approximate surface area is 121 Å². The number of rotatable bonds is 1. The molecule has 5 heteroatoms. The molecule has 0 unspecified atom stereocenters. The minimum absolute atomic E-state index is 0.0216. The second-order valence-corrected chi connectivity index (χ2v) is 6.00. The third kappa shape index (κ3) is 2.29. The highest BCUT2D eigenvalue weighted by Gasteiger charge is 2.23. The molecular weight excluding hydrogens is 272 g/mol. The van der Waals surface area contributed by atoms with Crippen molar-refractivity contribution in [1.82, 2.24) is 10.2 Å². The average molecular weight is 288 g/mol. The molecule has 0 bridgehead atoms. The Hall–Kier alpha value is -1.88. The highest BCUT2D eigenvalue weighted by molar-refractivity contribution is 7.21. The summed E-state index contributed by atoms with van der Waals surface area (Å²) in [6.07, 6.45) is 0.385. The molecule has 104 valence electrons. The SMILES string of the molecule is Cc1c(C(=O)N2CCNC(=O)CC2)sc2ccccc12. The Morgan fingerprint density at radius 2 is 2.10 bits per heavy atom. The van der Waals surface area contributed by atoms with Gasteiger partial charge in [-0.1, -0.05) is 18.2 Å². The van der Waals surface area contributed by atoms with E-state index in [2.05, 4.69) is 5.32 Å². The van der Waals surface area contributed by atoms with Crippen molar-refractivity contribution in [2.75, 3.05) is 19.6 Å². The van der Waals surface area contributed by atoms with Gasteiger partial charge >= 0.3 is 0 Å². The van der Waals surface area contributed by atoms with Gasteiger partial charge in [-0.05, 0) is 23.9 Å². The smallest absolute Gasteiger partial charge is 0.264 e. The van der Waals surface area contributed by atoms with E-state index in [0.29, 0.717) is 26.1 Å². The van der Waals surface area contributed by atoms with Crippen molar-refractivity contribution in [2.24, 2.45) is 0 Å². The maximum atomic E-state index is 12.6. The summed E-state index contributed by atoms with van der Waals surface area (Å²) in [5, 5.41) is 3.94. The third-order valence-electron chi connectivity index (χ3n) is 3.64. The fraction of sp³-hybridized carbons (Fsp3) is 0.333. The van der Waals surface area contributed by atoms with Crippen LogP contribution in [0.1, 0.15) is 21.7 Å². The van der Waals surface area contributed by atoms with Crippen molar-refractivity contribution in [3.8, 4) is 0 Å². The third-order valence-corrected chi connectivity index (χ3v) is 4.90. The summed E-state index contributed by atoms with van der Waals surface area (Å²) >= 11 is 1.54. The van der Waals surface area contributed by atoms with Crippen LogP contribution in [-0.4, -0.2) is 36.3 Å². The van der Waals surface area contributed by atoms with Gasteiger partial charge in [-0.25, -0.2) is 0 Å². The van der Waals surface area contributed by atoms with Gasteiger partial charge in [-0.2, -0.15) is 0 Å². The lowest BCUT2D eigenvalue weighted by Crippen LogP contribution is -2.34. The average Bonchev–Trinajstić information content (AvgIpc) is 2.64. The molecule has 1 aliphatic rings. The largest absolute Gasteiger partial charge is 0.354 e. The summed E-state index contributed by atoms with van der Waals surface area (Å²) in [6.45, 7) is 3.61. The van der Waals surface area contributed by atoms with Gasteiger partial charge in [0.1, 0.15) is 0 Å². The van der Waals surface area contributed by atoms with Gasteiger partial charge in [-0.15, -0.1) is 11.3 Å². The lowest BCUT2D eigenvalue weighted by atomic mass is 10.1. The molecule has 1 saturated heterocycles. The monoisotopic (exact) mass is 288 g/mol. The molecule has 0 radical (unpaired) electrons. The molecule has 0 saturated carbocycles. The van der Waals surface area contributed by atoms with Crippen molar-refractivity contribution >= 4 is 33.2 Å². The van der Waals surface area contributed by atoms with Crippen LogP contribution in [0.5, 0.6) is 0 Å². The fourth-order valence-electron chi connectivity index (χ4n) is 2.49. The molecule has 1 aromatic heterocycles. The van der Waals surface area contributed by atoms with Crippen molar-refractivity contribution < 1.29 is 9.59 Å². The van der Waals surface area contributed by atoms with Crippen LogP contribution < -0.4 is 5.32 Å². The predicted molar refractivity (Wildman–Crippen MR) is 80.1 cm³/mol. The molecule has 0 spiro atoms. The van der Waals surface area contributed by atoms with E-state index in [1.165, 1.54) is 11.3 Å². The molecular formula is C15H16N2O2S. The summed E-state index contributed by atoms with van der Waals surface area (Å²) in [6, 6.07) is 8.06. The van der Waals surface area contributed by atoms with Crippen LogP contribution >= 0.6 is 11.3 Å². The summed E-state index contributed by atoms with van der Waals surface area (Å²) in [5.74, 6) is 0.0635. The summed E-state index contributed by atoms with van der Waals surface area (Å²) < 4.78 is 1.14. The topological polar surface area (TPSA) is 49.4 Å². The van der Waals surface area contributed by atoms with Crippen molar-refractivity contribution in [3.63, 3.8) is 0 Å². The first kappa shape index (κ1) is 13.1. The minimum Gasteiger partial charge on any atom is -0.354 e. The van der Waals surface area contributed by atoms with E-state index in [4.69, 9.17) is 0 Å². The van der Waals surface area contributed by atoms with Gasteiger partial charge in [-0.3, -0.25) is 9.59 Å². The number of hydrogen-bond acceptors (Lipinski definition) is 3. The Morgan fingerprint density at radius 1 is 1.30 bits per heavy atom. The zero-order valence-electron chi connectivity index (χ0n) is 11.3. The molecule has 1 N–H and O–H groups in total. The van der Waals surface area contributed by atoms with Gasteiger partial charge in [0.05, 0.1) is 4.88 Å². The van der Waals surface area contributed by atoms with Crippen LogP contribution in [0.3, 0.4) is 0 Å². The molecule has 20 heavy (non-hydrogen) atoms. The van der Waals surface area contributed by atoms with Crippen molar-refractivity contribution in [3.05, 3.63) is 34.7 Å². The van der Waals surface area contributed by atoms with Gasteiger partial charge in [0, 0.05) is 30.8 Å². The number of amides is 2. The maximum Gasteiger partial charge on any atom is 0.264 e. The maximum absolute atomic E-state index is 12.6. The number of nitrogens with zero attached hydrogens (tertiary/aromatic N) is 1. The number of hydrogen-bond donors (Lipinski definition) is 1. The molecule has 1 aliphatic heterocycles. The molecule has 3 rings (SSSR count). The van der Waals surface area contributed by atoms with Gasteiger partial charge < -0.3 is 10.2 Å². The first-order chi connectivity index (χ1) is 9.66. The predicted octanol–water partition coefficient (Wildman–Crippen LogP) is 2.17. The summed E-state index contributed by atoms with van der Waals surface area (Å²) in [5.41, 5.74) is 1.04. The molecule has 4 nitrogen and oxygen atoms in total. The minimum atomic E-state index is 0.0216. The first-order valence-electron chi connectivity index (χ1n) is 6.71. The van der Waals surface area contributed by atoms with E-state index in [1.54, 1.807) is 4.90 Å². The molecule has 2 amide bonds. The van der Waals surface area contributed by atoms with E-state index in [-0.39, 0.29) is 11.8 Å². The van der Waals surface area contributed by atoms with Crippen molar-refractivity contribution in [1.29, 1.82) is 0 Å². The lowest BCUT2D eigenvalue weighted by Gasteiger charge is -2.19. The number of aryl methyl sites for hydroxylation is 1. The summed E-state index contributed by atoms with van der Waals surface area (Å²) in [4.78, 5) is 26.6. The zero-order chi connectivity index (χ0) is 14.1. The quantitative estimate of drug-likeness (QED) is 0.874. The summed E-state index contributed by atoms with van der Waals surface area (Å²) in [7, 11) is 0. The second kappa shape index (κ2) is 5.25. The van der Waals surface area contributed by atoms with E-state index in [9.17, 15) is 9.59 Å². The van der Waals surface area contributed by atoms with Crippen LogP contribution in [0.2, 0.25) is 0 Å². The zero-order valence-corrected chi connectivity index (χ0v) is 12.1. The number of thiophene rings is 1. The van der Waals surface area contributed by atoms with Crippen molar-refractivity contribution in [2.45, 2.75) is 13.3 Å². The Kier molecular flexibility index (Phi) is 3.44. The number of fused-ring (bicyclic) bond motifs is 1. The molecule has 0 aliphatic carbocycles. The van der Waals surface area contributed by atoms with Gasteiger partial charge in [0.25, 0.3) is 5.91 Å². The Morgan fingerprint density at radius 3 is 2.90 bits per heavy atom. The fourth-order valence-corrected chi connectivity index (χ4v) is 3.67. The molecule has 1 aromatic carbocycles. The molecule has 2 aromatic rings.